The second kappa shape index (κ2) is 4.33. The molecule has 0 fully saturated rings. The number of nitrogens with zero attached hydrogens (tertiary/aromatic N) is 2. The van der Waals surface area contributed by atoms with Gasteiger partial charge in [-0.1, -0.05) is 36.4 Å². The maximum Gasteiger partial charge on any atom is 0.384 e. The van der Waals surface area contributed by atoms with Crippen molar-refractivity contribution in [2.45, 2.75) is 0 Å². The van der Waals surface area contributed by atoms with Crippen molar-refractivity contribution in [3.63, 3.8) is 0 Å². The number of hydrogen-bond acceptors (Lipinski definition) is 3. The molecule has 0 aliphatic heterocycles. The first-order chi connectivity index (χ1) is 8.84. The lowest BCUT2D eigenvalue weighted by molar-refractivity contribution is 0.349. The molecule has 0 atom stereocenters. The predicted octanol–water partition coefficient (Wildman–Crippen LogP) is 2.49. The van der Waals surface area contributed by atoms with Crippen molar-refractivity contribution in [3.05, 3.63) is 71.1 Å². The van der Waals surface area contributed by atoms with E-state index in [-0.39, 0.29) is 0 Å². The minimum atomic E-state index is -0.417. The van der Waals surface area contributed by atoms with Crippen molar-refractivity contribution in [2.24, 2.45) is 0 Å². The monoisotopic (exact) mass is 238 g/mol. The van der Waals surface area contributed by atoms with E-state index < -0.39 is 5.69 Å². The van der Waals surface area contributed by atoms with Crippen molar-refractivity contribution >= 4 is 0 Å². The maximum absolute atomic E-state index is 11.8. The summed E-state index contributed by atoms with van der Waals surface area (Å²) in [6.45, 7) is 0. The molecule has 0 aliphatic carbocycles. The molecule has 88 valence electrons. The average Bonchev–Trinajstić information content (AvgIpc) is 2.83. The van der Waals surface area contributed by atoms with Gasteiger partial charge in [0.2, 0.25) is 0 Å². The zero-order chi connectivity index (χ0) is 12.4. The predicted molar refractivity (Wildman–Crippen MR) is 67.5 cm³/mol. The summed E-state index contributed by atoms with van der Waals surface area (Å²) in [4.78, 5) is 15.7. The quantitative estimate of drug-likeness (QED) is 0.689. The van der Waals surface area contributed by atoms with Crippen LogP contribution >= 0.6 is 0 Å². The molecule has 0 spiro atoms. The molecule has 4 heteroatoms. The lowest BCUT2D eigenvalue weighted by Crippen LogP contribution is -2.13. The molecular formula is C14H10N2O2. The minimum absolute atomic E-state index is 0.324. The lowest BCUT2D eigenvalue weighted by atomic mass is 10.2. The van der Waals surface area contributed by atoms with Gasteiger partial charge in [-0.05, 0) is 24.3 Å². The van der Waals surface area contributed by atoms with Crippen LogP contribution in [-0.2, 0) is 0 Å². The Morgan fingerprint density at radius 3 is 2.17 bits per heavy atom. The van der Waals surface area contributed by atoms with Crippen LogP contribution in [0.4, 0.5) is 0 Å². The van der Waals surface area contributed by atoms with E-state index in [4.69, 9.17) is 4.52 Å². The van der Waals surface area contributed by atoms with E-state index >= 15 is 0 Å². The number of aromatic nitrogens is 2. The molecule has 0 saturated carbocycles. The number of benzene rings is 2. The third kappa shape index (κ3) is 1.84. The Bertz CT molecular complexity index is 699. The second-order valence-electron chi connectivity index (χ2n) is 3.79. The highest BCUT2D eigenvalue weighted by atomic mass is 16.5. The number of rotatable bonds is 2. The third-order valence-electron chi connectivity index (χ3n) is 2.56. The molecule has 0 radical (unpaired) electrons. The summed E-state index contributed by atoms with van der Waals surface area (Å²) in [6, 6.07) is 18.5. The van der Waals surface area contributed by atoms with E-state index in [9.17, 15) is 4.79 Å². The first-order valence-corrected chi connectivity index (χ1v) is 5.56. The standard InChI is InChI=1S/C14H10N2O2/c17-14-15-13(11-7-3-1-4-8-11)18-16(14)12-9-5-2-6-10-12/h1-10H. The van der Waals surface area contributed by atoms with Crippen LogP contribution in [0.5, 0.6) is 0 Å². The van der Waals surface area contributed by atoms with Gasteiger partial charge >= 0.3 is 5.69 Å². The molecule has 18 heavy (non-hydrogen) atoms. The van der Waals surface area contributed by atoms with Crippen molar-refractivity contribution < 1.29 is 4.52 Å². The Hall–Kier alpha value is -2.62. The molecule has 1 aromatic heterocycles. The van der Waals surface area contributed by atoms with Crippen LogP contribution in [0, 0.1) is 0 Å². The Kier molecular flexibility index (Phi) is 2.53. The summed E-state index contributed by atoms with van der Waals surface area (Å²) in [5.41, 5.74) is 1.03. The van der Waals surface area contributed by atoms with Gasteiger partial charge in [0.05, 0.1) is 5.69 Å². The van der Waals surface area contributed by atoms with Crippen molar-refractivity contribution in [1.82, 2.24) is 9.72 Å². The molecule has 2 aromatic carbocycles. The van der Waals surface area contributed by atoms with Gasteiger partial charge in [0.1, 0.15) is 0 Å². The molecule has 1 heterocycles. The van der Waals surface area contributed by atoms with Gasteiger partial charge in [-0.2, -0.15) is 4.98 Å². The van der Waals surface area contributed by atoms with Crippen molar-refractivity contribution in [3.8, 4) is 17.1 Å². The maximum atomic E-state index is 11.8. The zero-order valence-electron chi connectivity index (χ0n) is 9.48. The van der Waals surface area contributed by atoms with Gasteiger partial charge in [-0.25, -0.2) is 4.79 Å². The fraction of sp³-hybridized carbons (Fsp3) is 0. The molecule has 0 aliphatic rings. The Balaban J connectivity index is 2.10. The smallest absolute Gasteiger partial charge is 0.349 e. The van der Waals surface area contributed by atoms with Gasteiger partial charge in [-0.3, -0.25) is 0 Å². The fourth-order valence-corrected chi connectivity index (χ4v) is 1.70. The van der Waals surface area contributed by atoms with Crippen LogP contribution in [0.2, 0.25) is 0 Å². The Labute approximate surface area is 103 Å². The van der Waals surface area contributed by atoms with E-state index in [0.29, 0.717) is 11.6 Å². The third-order valence-corrected chi connectivity index (χ3v) is 2.56. The molecule has 0 amide bonds. The van der Waals surface area contributed by atoms with E-state index in [2.05, 4.69) is 4.98 Å². The highest BCUT2D eigenvalue weighted by molar-refractivity contribution is 5.52. The molecule has 0 N–H and O–H groups in total. The van der Waals surface area contributed by atoms with Crippen LogP contribution in [0.25, 0.3) is 17.1 Å². The van der Waals surface area contributed by atoms with Gasteiger partial charge in [0.15, 0.2) is 0 Å². The minimum Gasteiger partial charge on any atom is -0.349 e. The molecule has 0 bridgehead atoms. The molecule has 0 saturated heterocycles. The Morgan fingerprint density at radius 2 is 1.50 bits per heavy atom. The largest absolute Gasteiger partial charge is 0.384 e. The fourth-order valence-electron chi connectivity index (χ4n) is 1.70. The molecule has 3 rings (SSSR count). The van der Waals surface area contributed by atoms with Crippen molar-refractivity contribution in [1.29, 1.82) is 0 Å². The normalized spacial score (nSPS) is 10.4. The highest BCUT2D eigenvalue weighted by Gasteiger charge is 2.10. The van der Waals surface area contributed by atoms with E-state index in [0.717, 1.165) is 5.56 Å². The molecule has 4 nitrogen and oxygen atoms in total. The summed E-state index contributed by atoms with van der Waals surface area (Å²) in [5.74, 6) is 0.324. The zero-order valence-corrected chi connectivity index (χ0v) is 9.48. The topological polar surface area (TPSA) is 48.0 Å². The number of para-hydroxylation sites is 1. The van der Waals surface area contributed by atoms with Crippen LogP contribution in [-0.4, -0.2) is 9.72 Å². The van der Waals surface area contributed by atoms with Crippen LogP contribution in [0.15, 0.2) is 70.0 Å². The van der Waals surface area contributed by atoms with Crippen molar-refractivity contribution in [2.75, 3.05) is 0 Å². The summed E-state index contributed by atoms with van der Waals surface area (Å²) in [5, 5.41) is 0. The molecule has 3 aromatic rings. The summed E-state index contributed by atoms with van der Waals surface area (Å²) < 4.78 is 6.66. The number of hydrogen-bond donors (Lipinski definition) is 0. The second-order valence-corrected chi connectivity index (χ2v) is 3.79. The van der Waals surface area contributed by atoms with Gasteiger partial charge in [0.25, 0.3) is 5.89 Å². The molecule has 0 unspecified atom stereocenters. The van der Waals surface area contributed by atoms with E-state index in [1.54, 1.807) is 12.1 Å². The summed E-state index contributed by atoms with van der Waals surface area (Å²) >= 11 is 0. The first kappa shape index (κ1) is 10.5. The van der Waals surface area contributed by atoms with Crippen LogP contribution < -0.4 is 5.69 Å². The van der Waals surface area contributed by atoms with Crippen LogP contribution in [0.1, 0.15) is 0 Å². The van der Waals surface area contributed by atoms with E-state index in [1.165, 1.54) is 4.74 Å². The Morgan fingerprint density at radius 1 is 0.889 bits per heavy atom. The average molecular weight is 238 g/mol. The van der Waals surface area contributed by atoms with E-state index in [1.807, 2.05) is 48.5 Å². The SMILES string of the molecule is O=c1nc(-c2ccccc2)on1-c1ccccc1. The van der Waals surface area contributed by atoms with Crippen LogP contribution in [0.3, 0.4) is 0 Å². The first-order valence-electron chi connectivity index (χ1n) is 5.56. The highest BCUT2D eigenvalue weighted by Crippen LogP contribution is 2.16. The lowest BCUT2D eigenvalue weighted by Gasteiger charge is -1.97. The molecular weight excluding hydrogens is 228 g/mol. The summed E-state index contributed by atoms with van der Waals surface area (Å²) in [7, 11) is 0. The summed E-state index contributed by atoms with van der Waals surface area (Å²) in [6.07, 6.45) is 0. The van der Waals surface area contributed by atoms with Gasteiger partial charge < -0.3 is 4.52 Å². The van der Waals surface area contributed by atoms with Gasteiger partial charge in [-0.15, -0.1) is 4.74 Å². The van der Waals surface area contributed by atoms with Gasteiger partial charge in [0, 0.05) is 5.56 Å².